The van der Waals surface area contributed by atoms with E-state index in [9.17, 15) is 9.59 Å². The first-order chi connectivity index (χ1) is 16.5. The lowest BCUT2D eigenvalue weighted by Crippen LogP contribution is -2.27. The van der Waals surface area contributed by atoms with Gasteiger partial charge < -0.3 is 20.4 Å². The van der Waals surface area contributed by atoms with Crippen molar-refractivity contribution in [1.82, 2.24) is 9.80 Å². The van der Waals surface area contributed by atoms with Crippen molar-refractivity contribution in [2.45, 2.75) is 40.5 Å². The van der Waals surface area contributed by atoms with Crippen molar-refractivity contribution in [2.24, 2.45) is 0 Å². The highest BCUT2D eigenvalue weighted by atomic mass is 16.1. The Kier molecular flexibility index (Phi) is 9.66. The van der Waals surface area contributed by atoms with Gasteiger partial charge in [-0.05, 0) is 64.2 Å². The van der Waals surface area contributed by atoms with Crippen LogP contribution < -0.4 is 10.6 Å². The minimum Gasteiger partial charge on any atom is -0.384 e. The summed E-state index contributed by atoms with van der Waals surface area (Å²) < 4.78 is 0. The van der Waals surface area contributed by atoms with Crippen molar-refractivity contribution in [3.05, 3.63) is 58.7 Å². The molecule has 34 heavy (non-hydrogen) atoms. The first kappa shape index (κ1) is 25.9. The average Bonchev–Trinajstić information content (AvgIpc) is 2.87. The normalized spacial score (nSPS) is 12.8. The number of fused-ring (bicyclic) bond motifs is 2. The number of anilines is 2. The van der Waals surface area contributed by atoms with Crippen molar-refractivity contribution < 1.29 is 9.59 Å². The predicted molar refractivity (Wildman–Crippen MR) is 142 cm³/mol. The second kappa shape index (κ2) is 12.7. The second-order valence-electron chi connectivity index (χ2n) is 8.73. The van der Waals surface area contributed by atoms with E-state index < -0.39 is 0 Å². The van der Waals surface area contributed by atoms with Gasteiger partial charge in [0.25, 0.3) is 0 Å². The van der Waals surface area contributed by atoms with Gasteiger partial charge in [0.05, 0.1) is 11.1 Å². The van der Waals surface area contributed by atoms with E-state index in [4.69, 9.17) is 0 Å². The highest BCUT2D eigenvalue weighted by molar-refractivity contribution is 6.31. The van der Waals surface area contributed by atoms with Gasteiger partial charge in [-0.15, -0.1) is 0 Å². The van der Waals surface area contributed by atoms with Crippen LogP contribution in [0, 0.1) is 0 Å². The van der Waals surface area contributed by atoms with Gasteiger partial charge in [-0.2, -0.15) is 0 Å². The van der Waals surface area contributed by atoms with E-state index in [-0.39, 0.29) is 11.6 Å². The summed E-state index contributed by atoms with van der Waals surface area (Å²) in [6.07, 6.45) is 1.96. The summed E-state index contributed by atoms with van der Waals surface area (Å²) in [5.74, 6) is -0.161. The predicted octanol–water partition coefficient (Wildman–Crippen LogP) is 4.75. The molecule has 2 N–H and O–H groups in total. The summed E-state index contributed by atoms with van der Waals surface area (Å²) in [6.45, 7) is 16.3. The number of hydrogen-bond acceptors (Lipinski definition) is 6. The molecule has 0 aromatic heterocycles. The Balaban J connectivity index is 1.74. The summed E-state index contributed by atoms with van der Waals surface area (Å²) in [5, 5.41) is 6.83. The SMILES string of the molecule is CCN(CC)CCCNc1cccc2c1C(=O)c1cccc(NCCCN(CC)CC)c1C2=O. The molecule has 1 aliphatic rings. The van der Waals surface area contributed by atoms with Crippen LogP contribution in [0.15, 0.2) is 36.4 Å². The third-order valence-corrected chi connectivity index (χ3v) is 6.79. The summed E-state index contributed by atoms with van der Waals surface area (Å²) >= 11 is 0. The van der Waals surface area contributed by atoms with Crippen LogP contribution in [0.1, 0.15) is 72.4 Å². The monoisotopic (exact) mass is 464 g/mol. The van der Waals surface area contributed by atoms with Gasteiger partial charge in [-0.25, -0.2) is 0 Å². The number of nitrogens with zero attached hydrogens (tertiary/aromatic N) is 2. The standard InChI is InChI=1S/C28H40N4O2/c1-5-31(6-2)19-11-17-29-23-15-9-13-21-25(23)27(33)22-14-10-16-24(26(22)28(21)34)30-18-12-20-32(7-3)8-4/h9-10,13-16,29-30H,5-8,11-12,17-20H2,1-4H3. The molecule has 0 heterocycles. The van der Waals surface area contributed by atoms with Crippen LogP contribution in [0.25, 0.3) is 0 Å². The summed E-state index contributed by atoms with van der Waals surface area (Å²) in [5.41, 5.74) is 3.48. The Hall–Kier alpha value is -2.70. The van der Waals surface area contributed by atoms with Crippen LogP contribution >= 0.6 is 0 Å². The molecule has 0 saturated heterocycles. The highest BCUT2D eigenvalue weighted by Crippen LogP contribution is 2.35. The van der Waals surface area contributed by atoms with Crippen molar-refractivity contribution in [1.29, 1.82) is 0 Å². The van der Waals surface area contributed by atoms with Gasteiger partial charge in [-0.1, -0.05) is 52.0 Å². The topological polar surface area (TPSA) is 64.7 Å². The van der Waals surface area contributed by atoms with E-state index in [1.807, 2.05) is 24.3 Å². The second-order valence-corrected chi connectivity index (χ2v) is 8.73. The Morgan fingerprint density at radius 2 is 1.00 bits per heavy atom. The fourth-order valence-corrected chi connectivity index (χ4v) is 4.67. The number of hydrogen-bond donors (Lipinski definition) is 2. The fraction of sp³-hybridized carbons (Fsp3) is 0.500. The molecule has 0 spiro atoms. The molecule has 2 aromatic carbocycles. The van der Waals surface area contributed by atoms with Crippen LogP contribution in [0.2, 0.25) is 0 Å². The van der Waals surface area contributed by atoms with Crippen molar-refractivity contribution in [3.63, 3.8) is 0 Å². The average molecular weight is 465 g/mol. The van der Waals surface area contributed by atoms with Crippen molar-refractivity contribution in [3.8, 4) is 0 Å². The minimum atomic E-state index is -0.0803. The lowest BCUT2D eigenvalue weighted by Gasteiger charge is -2.24. The van der Waals surface area contributed by atoms with E-state index in [0.29, 0.717) is 22.3 Å². The Bertz CT molecular complexity index is 901. The fourth-order valence-electron chi connectivity index (χ4n) is 4.67. The molecule has 0 fully saturated rings. The van der Waals surface area contributed by atoms with Gasteiger partial charge in [0.15, 0.2) is 11.6 Å². The lowest BCUT2D eigenvalue weighted by atomic mass is 9.82. The summed E-state index contributed by atoms with van der Waals surface area (Å²) in [7, 11) is 0. The zero-order valence-electron chi connectivity index (χ0n) is 21.2. The molecule has 0 saturated carbocycles. The van der Waals surface area contributed by atoms with Crippen LogP contribution in [0.3, 0.4) is 0 Å². The van der Waals surface area contributed by atoms with Crippen LogP contribution in [-0.4, -0.2) is 73.7 Å². The van der Waals surface area contributed by atoms with Gasteiger partial charge in [0, 0.05) is 35.6 Å². The van der Waals surface area contributed by atoms with E-state index in [0.717, 1.165) is 76.6 Å². The Labute approximate surface area is 204 Å². The summed E-state index contributed by atoms with van der Waals surface area (Å²) in [4.78, 5) is 31.8. The van der Waals surface area contributed by atoms with Crippen LogP contribution in [0.4, 0.5) is 11.4 Å². The molecule has 184 valence electrons. The molecular formula is C28H40N4O2. The van der Waals surface area contributed by atoms with Gasteiger partial charge in [0.2, 0.25) is 0 Å². The van der Waals surface area contributed by atoms with Crippen molar-refractivity contribution in [2.75, 3.05) is 63.0 Å². The number of rotatable bonds is 14. The molecule has 6 nitrogen and oxygen atoms in total. The van der Waals surface area contributed by atoms with E-state index in [2.05, 4.69) is 48.1 Å². The van der Waals surface area contributed by atoms with Crippen molar-refractivity contribution >= 4 is 22.9 Å². The maximum atomic E-state index is 13.5. The third kappa shape index (κ3) is 5.86. The lowest BCUT2D eigenvalue weighted by molar-refractivity contribution is 0.0980. The number of ketones is 2. The Morgan fingerprint density at radius 3 is 1.35 bits per heavy atom. The Morgan fingerprint density at radius 1 is 0.618 bits per heavy atom. The zero-order chi connectivity index (χ0) is 24.5. The largest absolute Gasteiger partial charge is 0.384 e. The molecule has 1 aliphatic carbocycles. The maximum absolute atomic E-state index is 13.5. The van der Waals surface area contributed by atoms with Crippen LogP contribution in [0.5, 0.6) is 0 Å². The molecule has 3 rings (SSSR count). The zero-order valence-corrected chi connectivity index (χ0v) is 21.2. The summed E-state index contributed by atoms with van der Waals surface area (Å²) in [6, 6.07) is 11.1. The minimum absolute atomic E-state index is 0.0803. The molecule has 0 atom stereocenters. The highest BCUT2D eigenvalue weighted by Gasteiger charge is 2.33. The van der Waals surface area contributed by atoms with E-state index >= 15 is 0 Å². The van der Waals surface area contributed by atoms with E-state index in [1.54, 1.807) is 12.1 Å². The number of benzene rings is 2. The van der Waals surface area contributed by atoms with Crippen LogP contribution in [-0.2, 0) is 0 Å². The molecule has 0 amide bonds. The molecule has 6 heteroatoms. The molecule has 0 radical (unpaired) electrons. The molecule has 0 unspecified atom stereocenters. The smallest absolute Gasteiger partial charge is 0.196 e. The maximum Gasteiger partial charge on any atom is 0.196 e. The molecular weight excluding hydrogens is 424 g/mol. The quantitative estimate of drug-likeness (QED) is 0.336. The molecule has 2 aromatic rings. The number of carbonyl (C=O) groups excluding carboxylic acids is 2. The van der Waals surface area contributed by atoms with Gasteiger partial charge >= 0.3 is 0 Å². The van der Waals surface area contributed by atoms with Gasteiger partial charge in [-0.3, -0.25) is 9.59 Å². The van der Waals surface area contributed by atoms with Gasteiger partial charge in [0.1, 0.15) is 0 Å². The third-order valence-electron chi connectivity index (χ3n) is 6.79. The molecule has 0 aliphatic heterocycles. The van der Waals surface area contributed by atoms with E-state index in [1.165, 1.54) is 0 Å². The number of carbonyl (C=O) groups is 2. The first-order valence-corrected chi connectivity index (χ1v) is 12.8. The molecule has 0 bridgehead atoms. The first-order valence-electron chi connectivity index (χ1n) is 12.8. The number of nitrogens with one attached hydrogen (secondary N) is 2.